The van der Waals surface area contributed by atoms with E-state index >= 15 is 0 Å². The molecule has 4 N–H and O–H groups in total. The van der Waals surface area contributed by atoms with E-state index in [1.54, 1.807) is 12.1 Å². The number of nitrogens with two attached hydrogens (primary N) is 1. The molecule has 0 aliphatic carbocycles. The maximum absolute atomic E-state index is 12.0. The maximum atomic E-state index is 12.0. The van der Waals surface area contributed by atoms with E-state index in [0.717, 1.165) is 0 Å². The summed E-state index contributed by atoms with van der Waals surface area (Å²) in [6, 6.07) is 2.43. The lowest BCUT2D eigenvalue weighted by molar-refractivity contribution is -0.134. The Balaban J connectivity index is 2.04. The van der Waals surface area contributed by atoms with Crippen molar-refractivity contribution in [1.82, 2.24) is 15.6 Å². The van der Waals surface area contributed by atoms with E-state index in [9.17, 15) is 14.4 Å². The minimum absolute atomic E-state index is 0.223. The summed E-state index contributed by atoms with van der Waals surface area (Å²) in [5, 5.41) is 4.77. The van der Waals surface area contributed by atoms with E-state index < -0.39 is 11.9 Å². The molecule has 2 heterocycles. The highest BCUT2D eigenvalue weighted by molar-refractivity contribution is 6.03. The molecule has 2 rings (SSSR count). The third-order valence-electron chi connectivity index (χ3n) is 2.83. The Kier molecular flexibility index (Phi) is 3.86. The molecule has 3 amide bonds. The lowest BCUT2D eigenvalue weighted by Gasteiger charge is -2.21. The molecular formula is C12H14N4O3. The average molecular weight is 262 g/mol. The number of imide groups is 1. The average Bonchev–Trinajstić information content (AvgIpc) is 2.42. The number of carbonyl (C=O) groups excluding carboxylic acids is 3. The summed E-state index contributed by atoms with van der Waals surface area (Å²) in [6.45, 7) is 0.236. The van der Waals surface area contributed by atoms with E-state index in [1.165, 1.54) is 6.20 Å². The zero-order valence-corrected chi connectivity index (χ0v) is 10.2. The largest absolute Gasteiger partial charge is 0.340 e. The third kappa shape index (κ3) is 3.14. The molecular weight excluding hydrogens is 248 g/mol. The molecule has 0 spiro atoms. The fourth-order valence-corrected chi connectivity index (χ4v) is 1.80. The molecule has 100 valence electrons. The van der Waals surface area contributed by atoms with Crippen LogP contribution in [0.1, 0.15) is 28.9 Å². The first kappa shape index (κ1) is 13.2. The van der Waals surface area contributed by atoms with Crippen molar-refractivity contribution in [1.29, 1.82) is 0 Å². The lowest BCUT2D eigenvalue weighted by atomic mass is 10.1. The Labute approximate surface area is 109 Å². The predicted molar refractivity (Wildman–Crippen MR) is 65.8 cm³/mol. The van der Waals surface area contributed by atoms with Gasteiger partial charge in [0.15, 0.2) is 0 Å². The SMILES string of the molecule is NCc1cc(C(=O)NC2CCC(=O)NC2=O)ccn1. The summed E-state index contributed by atoms with van der Waals surface area (Å²) in [7, 11) is 0. The molecule has 1 aliphatic heterocycles. The van der Waals surface area contributed by atoms with E-state index in [2.05, 4.69) is 15.6 Å². The predicted octanol–water partition coefficient (Wildman–Crippen LogP) is -0.925. The van der Waals surface area contributed by atoms with Crippen LogP contribution in [0.3, 0.4) is 0 Å². The number of hydrogen-bond donors (Lipinski definition) is 3. The minimum atomic E-state index is -0.681. The molecule has 1 unspecified atom stereocenters. The Bertz CT molecular complexity index is 529. The van der Waals surface area contributed by atoms with Gasteiger partial charge in [-0.3, -0.25) is 24.7 Å². The van der Waals surface area contributed by atoms with Crippen molar-refractivity contribution in [2.45, 2.75) is 25.4 Å². The molecule has 0 radical (unpaired) electrons. The summed E-state index contributed by atoms with van der Waals surface area (Å²) in [5.41, 5.74) is 6.43. The van der Waals surface area contributed by atoms with Crippen LogP contribution >= 0.6 is 0 Å². The van der Waals surface area contributed by atoms with Crippen molar-refractivity contribution in [3.8, 4) is 0 Å². The smallest absolute Gasteiger partial charge is 0.252 e. The number of rotatable bonds is 3. The van der Waals surface area contributed by atoms with Crippen LogP contribution in [0, 0.1) is 0 Å². The van der Waals surface area contributed by atoms with Crippen LogP contribution in [-0.4, -0.2) is 28.7 Å². The minimum Gasteiger partial charge on any atom is -0.340 e. The van der Waals surface area contributed by atoms with Gasteiger partial charge in [-0.2, -0.15) is 0 Å². The normalized spacial score (nSPS) is 18.9. The summed E-state index contributed by atoms with van der Waals surface area (Å²) in [5.74, 6) is -1.17. The highest BCUT2D eigenvalue weighted by atomic mass is 16.2. The number of pyridine rings is 1. The van der Waals surface area contributed by atoms with Crippen LogP contribution in [0.15, 0.2) is 18.3 Å². The van der Waals surface area contributed by atoms with Crippen LogP contribution in [0.2, 0.25) is 0 Å². The quantitative estimate of drug-likeness (QED) is 0.609. The van der Waals surface area contributed by atoms with Gasteiger partial charge in [0.25, 0.3) is 5.91 Å². The number of piperidine rings is 1. The van der Waals surface area contributed by atoms with Crippen molar-refractivity contribution in [2.75, 3.05) is 0 Å². The Morgan fingerprint density at radius 3 is 3.00 bits per heavy atom. The van der Waals surface area contributed by atoms with Crippen LogP contribution < -0.4 is 16.4 Å². The van der Waals surface area contributed by atoms with Crippen LogP contribution in [0.5, 0.6) is 0 Å². The summed E-state index contributed by atoms with van der Waals surface area (Å²) < 4.78 is 0. The first-order valence-electron chi connectivity index (χ1n) is 5.89. The second-order valence-electron chi connectivity index (χ2n) is 4.22. The van der Waals surface area contributed by atoms with Gasteiger partial charge in [0.1, 0.15) is 6.04 Å². The highest BCUT2D eigenvalue weighted by Crippen LogP contribution is 2.07. The van der Waals surface area contributed by atoms with Gasteiger partial charge in [0.2, 0.25) is 11.8 Å². The fourth-order valence-electron chi connectivity index (χ4n) is 1.80. The van der Waals surface area contributed by atoms with E-state index in [4.69, 9.17) is 5.73 Å². The molecule has 1 aromatic heterocycles. The number of hydrogen-bond acceptors (Lipinski definition) is 5. The van der Waals surface area contributed by atoms with Gasteiger partial charge in [0.05, 0.1) is 5.69 Å². The number of aromatic nitrogens is 1. The van der Waals surface area contributed by atoms with Crippen molar-refractivity contribution in [2.24, 2.45) is 5.73 Å². The van der Waals surface area contributed by atoms with Crippen LogP contribution in [0.4, 0.5) is 0 Å². The molecule has 1 aliphatic rings. The number of carbonyl (C=O) groups is 3. The van der Waals surface area contributed by atoms with Crippen molar-refractivity contribution in [3.05, 3.63) is 29.6 Å². The zero-order chi connectivity index (χ0) is 13.8. The van der Waals surface area contributed by atoms with Gasteiger partial charge in [-0.05, 0) is 18.6 Å². The molecule has 1 saturated heterocycles. The maximum Gasteiger partial charge on any atom is 0.252 e. The van der Waals surface area contributed by atoms with E-state index in [1.807, 2.05) is 0 Å². The first-order chi connectivity index (χ1) is 9.10. The topological polar surface area (TPSA) is 114 Å². The molecule has 0 saturated carbocycles. The molecule has 0 bridgehead atoms. The summed E-state index contributed by atoms with van der Waals surface area (Å²) in [4.78, 5) is 38.5. The van der Waals surface area contributed by atoms with Crippen LogP contribution in [0.25, 0.3) is 0 Å². The van der Waals surface area contributed by atoms with Crippen molar-refractivity contribution in [3.63, 3.8) is 0 Å². The fraction of sp³-hybridized carbons (Fsp3) is 0.333. The monoisotopic (exact) mass is 262 g/mol. The first-order valence-corrected chi connectivity index (χ1v) is 5.89. The van der Waals surface area contributed by atoms with Crippen LogP contribution in [-0.2, 0) is 16.1 Å². The summed E-state index contributed by atoms with van der Waals surface area (Å²) >= 11 is 0. The Morgan fingerprint density at radius 2 is 2.32 bits per heavy atom. The Morgan fingerprint density at radius 1 is 1.53 bits per heavy atom. The molecule has 7 heteroatoms. The molecule has 7 nitrogen and oxygen atoms in total. The van der Waals surface area contributed by atoms with Gasteiger partial charge < -0.3 is 11.1 Å². The second-order valence-corrected chi connectivity index (χ2v) is 4.22. The van der Waals surface area contributed by atoms with Gasteiger partial charge in [0, 0.05) is 24.7 Å². The Hall–Kier alpha value is -2.28. The van der Waals surface area contributed by atoms with E-state index in [0.29, 0.717) is 17.7 Å². The van der Waals surface area contributed by atoms with Gasteiger partial charge in [-0.25, -0.2) is 0 Å². The molecule has 0 aromatic carbocycles. The molecule has 1 aromatic rings. The number of amides is 3. The standard InChI is InChI=1S/C12H14N4O3/c13-6-8-5-7(3-4-14-8)11(18)15-9-1-2-10(17)16-12(9)19/h3-5,9H,1-2,6,13H2,(H,15,18)(H,16,17,19). The van der Waals surface area contributed by atoms with Crippen molar-refractivity contribution < 1.29 is 14.4 Å². The second kappa shape index (κ2) is 5.57. The molecule has 1 fully saturated rings. The van der Waals surface area contributed by atoms with E-state index in [-0.39, 0.29) is 24.8 Å². The zero-order valence-electron chi connectivity index (χ0n) is 10.2. The summed E-state index contributed by atoms with van der Waals surface area (Å²) in [6.07, 6.45) is 2.02. The third-order valence-corrected chi connectivity index (χ3v) is 2.83. The highest BCUT2D eigenvalue weighted by Gasteiger charge is 2.28. The number of nitrogens with zero attached hydrogens (tertiary/aromatic N) is 1. The molecule has 1 atom stereocenters. The molecule has 19 heavy (non-hydrogen) atoms. The van der Waals surface area contributed by atoms with Gasteiger partial charge in [-0.1, -0.05) is 0 Å². The number of nitrogens with one attached hydrogen (secondary N) is 2. The van der Waals surface area contributed by atoms with Gasteiger partial charge in [-0.15, -0.1) is 0 Å². The van der Waals surface area contributed by atoms with Crippen molar-refractivity contribution >= 4 is 17.7 Å². The lowest BCUT2D eigenvalue weighted by Crippen LogP contribution is -2.52. The van der Waals surface area contributed by atoms with Gasteiger partial charge >= 0.3 is 0 Å².